The van der Waals surface area contributed by atoms with Gasteiger partial charge in [0, 0.05) is 22.9 Å². The van der Waals surface area contributed by atoms with Gasteiger partial charge >= 0.3 is 6.09 Å². The topological polar surface area (TPSA) is 73.6 Å². The maximum absolute atomic E-state index is 11.9. The highest BCUT2D eigenvalue weighted by atomic mass is 16.6. The van der Waals surface area contributed by atoms with Crippen LogP contribution in [0, 0.1) is 0 Å². The van der Waals surface area contributed by atoms with Crippen LogP contribution in [-0.4, -0.2) is 24.0 Å². The van der Waals surface area contributed by atoms with E-state index in [1.165, 1.54) is 0 Å². The summed E-state index contributed by atoms with van der Waals surface area (Å²) in [6.07, 6.45) is -0.501. The molecular formula is C21H22N2O4. The van der Waals surface area contributed by atoms with Crippen molar-refractivity contribution in [3.63, 3.8) is 0 Å². The third-order valence-electron chi connectivity index (χ3n) is 3.69. The van der Waals surface area contributed by atoms with Gasteiger partial charge in [-0.05, 0) is 57.2 Å². The monoisotopic (exact) mass is 366 g/mol. The molecule has 140 valence electrons. The number of carbonyl (C=O) groups is 1. The van der Waals surface area contributed by atoms with E-state index in [-0.39, 0.29) is 0 Å². The van der Waals surface area contributed by atoms with Crippen molar-refractivity contribution in [1.82, 2.24) is 5.16 Å². The Morgan fingerprint density at radius 2 is 1.78 bits per heavy atom. The molecule has 0 radical (unpaired) electrons. The molecule has 0 atom stereocenters. The fourth-order valence-corrected chi connectivity index (χ4v) is 2.48. The van der Waals surface area contributed by atoms with Crippen molar-refractivity contribution < 1.29 is 18.8 Å². The summed E-state index contributed by atoms with van der Waals surface area (Å²) in [6, 6.07) is 16.7. The zero-order chi connectivity index (χ0) is 19.4. The lowest BCUT2D eigenvalue weighted by Gasteiger charge is -2.19. The molecule has 0 saturated heterocycles. The largest absolute Gasteiger partial charge is 0.497 e. The van der Waals surface area contributed by atoms with E-state index in [1.54, 1.807) is 13.2 Å². The van der Waals surface area contributed by atoms with E-state index in [9.17, 15) is 4.79 Å². The number of benzene rings is 2. The Hall–Kier alpha value is -3.28. The van der Waals surface area contributed by atoms with Crippen LogP contribution in [0.25, 0.3) is 22.6 Å². The molecule has 6 nitrogen and oxygen atoms in total. The van der Waals surface area contributed by atoms with Gasteiger partial charge < -0.3 is 14.0 Å². The molecule has 0 aliphatic rings. The predicted molar refractivity (Wildman–Crippen MR) is 104 cm³/mol. The Labute approximate surface area is 158 Å². The van der Waals surface area contributed by atoms with Gasteiger partial charge in [0.15, 0.2) is 5.76 Å². The van der Waals surface area contributed by atoms with Crippen LogP contribution in [-0.2, 0) is 4.74 Å². The number of carbonyl (C=O) groups excluding carboxylic acids is 1. The minimum absolute atomic E-state index is 0.501. The predicted octanol–water partition coefficient (Wildman–Crippen LogP) is 5.36. The molecule has 3 rings (SSSR count). The number of aromatic nitrogens is 1. The molecule has 0 bridgehead atoms. The van der Waals surface area contributed by atoms with E-state index < -0.39 is 11.7 Å². The van der Waals surface area contributed by atoms with E-state index in [2.05, 4.69) is 10.5 Å². The molecule has 2 aromatic carbocycles. The van der Waals surface area contributed by atoms with Gasteiger partial charge in [0.05, 0.1) is 7.11 Å². The molecule has 1 N–H and O–H groups in total. The molecule has 6 heteroatoms. The Morgan fingerprint density at radius 3 is 2.44 bits per heavy atom. The molecule has 0 aliphatic carbocycles. The van der Waals surface area contributed by atoms with E-state index in [0.717, 1.165) is 16.9 Å². The van der Waals surface area contributed by atoms with Crippen LogP contribution in [0.4, 0.5) is 10.5 Å². The summed E-state index contributed by atoms with van der Waals surface area (Å²) < 4.78 is 15.9. The fraction of sp³-hybridized carbons (Fsp3) is 0.238. The van der Waals surface area contributed by atoms with Crippen molar-refractivity contribution in [3.8, 4) is 28.3 Å². The number of ether oxygens (including phenoxy) is 2. The van der Waals surface area contributed by atoms with Crippen molar-refractivity contribution in [2.24, 2.45) is 0 Å². The number of methoxy groups -OCH3 is 1. The number of rotatable bonds is 4. The number of anilines is 1. The lowest BCUT2D eigenvalue weighted by atomic mass is 10.1. The van der Waals surface area contributed by atoms with Gasteiger partial charge in [-0.3, -0.25) is 5.32 Å². The minimum atomic E-state index is -0.554. The lowest BCUT2D eigenvalue weighted by Crippen LogP contribution is -2.27. The first-order valence-electron chi connectivity index (χ1n) is 8.56. The van der Waals surface area contributed by atoms with Gasteiger partial charge in [0.25, 0.3) is 0 Å². The molecule has 0 saturated carbocycles. The number of nitrogens with zero attached hydrogens (tertiary/aromatic N) is 1. The number of hydrogen-bond donors (Lipinski definition) is 1. The van der Waals surface area contributed by atoms with Crippen molar-refractivity contribution in [1.29, 1.82) is 0 Å². The Kier molecular flexibility index (Phi) is 5.16. The van der Waals surface area contributed by atoms with Crippen LogP contribution < -0.4 is 10.1 Å². The normalized spacial score (nSPS) is 11.1. The number of hydrogen-bond acceptors (Lipinski definition) is 5. The molecule has 1 heterocycles. The summed E-state index contributed by atoms with van der Waals surface area (Å²) in [5.41, 5.74) is 2.47. The summed E-state index contributed by atoms with van der Waals surface area (Å²) in [7, 11) is 1.62. The first-order chi connectivity index (χ1) is 12.8. The molecule has 0 spiro atoms. The number of amides is 1. The lowest BCUT2D eigenvalue weighted by molar-refractivity contribution is 0.0636. The molecule has 1 aromatic heterocycles. The van der Waals surface area contributed by atoms with Gasteiger partial charge in [-0.25, -0.2) is 4.79 Å². The fourth-order valence-electron chi connectivity index (χ4n) is 2.48. The highest BCUT2D eigenvalue weighted by molar-refractivity contribution is 5.86. The summed E-state index contributed by atoms with van der Waals surface area (Å²) in [5.74, 6) is 1.43. The minimum Gasteiger partial charge on any atom is -0.497 e. The summed E-state index contributed by atoms with van der Waals surface area (Å²) in [5, 5.41) is 6.86. The summed E-state index contributed by atoms with van der Waals surface area (Å²) >= 11 is 0. The van der Waals surface area contributed by atoms with E-state index >= 15 is 0 Å². The van der Waals surface area contributed by atoms with Crippen LogP contribution in [0.2, 0.25) is 0 Å². The highest BCUT2D eigenvalue weighted by Crippen LogP contribution is 2.28. The Bertz CT molecular complexity index is 924. The van der Waals surface area contributed by atoms with Crippen molar-refractivity contribution in [3.05, 3.63) is 54.6 Å². The van der Waals surface area contributed by atoms with Crippen molar-refractivity contribution in [2.45, 2.75) is 26.4 Å². The van der Waals surface area contributed by atoms with Crippen LogP contribution in [0.1, 0.15) is 20.8 Å². The van der Waals surface area contributed by atoms with Gasteiger partial charge in [0.1, 0.15) is 17.0 Å². The molecule has 0 unspecified atom stereocenters. The maximum Gasteiger partial charge on any atom is 0.412 e. The quantitative estimate of drug-likeness (QED) is 0.672. The second-order valence-electron chi connectivity index (χ2n) is 7.01. The molecular weight excluding hydrogens is 344 g/mol. The zero-order valence-corrected chi connectivity index (χ0v) is 15.8. The second kappa shape index (κ2) is 7.53. The third kappa shape index (κ3) is 4.88. The van der Waals surface area contributed by atoms with Gasteiger partial charge in [-0.15, -0.1) is 0 Å². The third-order valence-corrected chi connectivity index (χ3v) is 3.69. The van der Waals surface area contributed by atoms with Gasteiger partial charge in [-0.2, -0.15) is 0 Å². The molecule has 0 aliphatic heterocycles. The first kappa shape index (κ1) is 18.5. The molecule has 27 heavy (non-hydrogen) atoms. The summed E-state index contributed by atoms with van der Waals surface area (Å²) in [4.78, 5) is 11.9. The SMILES string of the molecule is COc1ccc(-c2cc(-c3cccc(NC(=O)OC(C)(C)C)c3)no2)cc1. The average Bonchev–Trinajstić information content (AvgIpc) is 3.10. The first-order valence-corrected chi connectivity index (χ1v) is 8.56. The molecule has 0 fully saturated rings. The average molecular weight is 366 g/mol. The van der Waals surface area contributed by atoms with E-state index in [1.807, 2.05) is 69.3 Å². The molecule has 3 aromatic rings. The van der Waals surface area contributed by atoms with Crippen LogP contribution in [0.15, 0.2) is 59.1 Å². The smallest absolute Gasteiger partial charge is 0.412 e. The standard InChI is InChI=1S/C21H22N2O4/c1-21(2,3)26-20(24)22-16-7-5-6-15(12-16)18-13-19(27-23-18)14-8-10-17(25-4)11-9-14/h5-13H,1-4H3,(H,22,24). The van der Waals surface area contributed by atoms with Gasteiger partial charge in [-0.1, -0.05) is 17.3 Å². The van der Waals surface area contributed by atoms with Crippen molar-refractivity contribution >= 4 is 11.8 Å². The van der Waals surface area contributed by atoms with E-state index in [0.29, 0.717) is 17.1 Å². The maximum atomic E-state index is 11.9. The molecule has 1 amide bonds. The highest BCUT2D eigenvalue weighted by Gasteiger charge is 2.16. The van der Waals surface area contributed by atoms with Crippen molar-refractivity contribution in [2.75, 3.05) is 12.4 Å². The van der Waals surface area contributed by atoms with Crippen LogP contribution in [0.3, 0.4) is 0 Å². The number of nitrogens with one attached hydrogen (secondary N) is 1. The zero-order valence-electron chi connectivity index (χ0n) is 15.8. The van der Waals surface area contributed by atoms with Crippen LogP contribution in [0.5, 0.6) is 5.75 Å². The second-order valence-corrected chi connectivity index (χ2v) is 7.01. The Morgan fingerprint density at radius 1 is 1.04 bits per heavy atom. The Balaban J connectivity index is 1.77. The summed E-state index contributed by atoms with van der Waals surface area (Å²) in [6.45, 7) is 5.46. The van der Waals surface area contributed by atoms with Gasteiger partial charge in [0.2, 0.25) is 0 Å². The van der Waals surface area contributed by atoms with Crippen LogP contribution >= 0.6 is 0 Å². The van der Waals surface area contributed by atoms with E-state index in [4.69, 9.17) is 14.0 Å².